The molecule has 2 rings (SSSR count). The van der Waals surface area contributed by atoms with Gasteiger partial charge in [-0.1, -0.05) is 6.92 Å². The van der Waals surface area contributed by atoms with E-state index in [0.717, 1.165) is 5.69 Å². The van der Waals surface area contributed by atoms with Gasteiger partial charge in [0.05, 0.1) is 11.9 Å². The zero-order valence-electron chi connectivity index (χ0n) is 9.73. The number of amides is 1. The average molecular weight is 222 g/mol. The highest BCUT2D eigenvalue weighted by atomic mass is 16.1. The normalized spacial score (nSPS) is 19.1. The van der Waals surface area contributed by atoms with Gasteiger partial charge in [0.1, 0.15) is 6.54 Å². The Balaban J connectivity index is 1.94. The Bertz CT molecular complexity index is 394. The van der Waals surface area contributed by atoms with E-state index in [-0.39, 0.29) is 12.5 Å². The fourth-order valence-electron chi connectivity index (χ4n) is 1.74. The molecule has 1 amide bonds. The van der Waals surface area contributed by atoms with Crippen molar-refractivity contribution in [3.8, 4) is 0 Å². The molecular weight excluding hydrogens is 204 g/mol. The highest BCUT2D eigenvalue weighted by Gasteiger charge is 2.42. The standard InChI is InChI=1S/C11H18N4O/c1-8(11(2)3-4-11)14-9-5-13-15(6-9)7-10(12)16/h5-6,8,14H,3-4,7H2,1-2H3,(H2,12,16). The number of rotatable bonds is 5. The van der Waals surface area contributed by atoms with Gasteiger partial charge >= 0.3 is 0 Å². The maximum Gasteiger partial charge on any atom is 0.239 e. The van der Waals surface area contributed by atoms with Crippen LogP contribution in [0.4, 0.5) is 5.69 Å². The summed E-state index contributed by atoms with van der Waals surface area (Å²) in [5.74, 6) is -0.378. The number of anilines is 1. The van der Waals surface area contributed by atoms with Crippen LogP contribution >= 0.6 is 0 Å². The van der Waals surface area contributed by atoms with Gasteiger partial charge in [-0.2, -0.15) is 5.10 Å². The molecule has 1 aromatic heterocycles. The lowest BCUT2D eigenvalue weighted by molar-refractivity contribution is -0.118. The molecule has 1 aromatic rings. The first-order valence-electron chi connectivity index (χ1n) is 5.57. The van der Waals surface area contributed by atoms with Crippen LogP contribution in [0.15, 0.2) is 12.4 Å². The summed E-state index contributed by atoms with van der Waals surface area (Å²) in [5.41, 5.74) is 6.46. The van der Waals surface area contributed by atoms with Crippen LogP contribution in [0.3, 0.4) is 0 Å². The quantitative estimate of drug-likeness (QED) is 0.779. The van der Waals surface area contributed by atoms with Gasteiger partial charge in [-0.3, -0.25) is 9.48 Å². The number of nitrogens with one attached hydrogen (secondary N) is 1. The number of hydrogen-bond donors (Lipinski definition) is 2. The maximum atomic E-state index is 10.7. The predicted octanol–water partition coefficient (Wildman–Crippen LogP) is 0.969. The predicted molar refractivity (Wildman–Crippen MR) is 61.8 cm³/mol. The summed E-state index contributed by atoms with van der Waals surface area (Å²) in [7, 11) is 0. The van der Waals surface area contributed by atoms with Crippen molar-refractivity contribution in [3.63, 3.8) is 0 Å². The summed E-state index contributed by atoms with van der Waals surface area (Å²) >= 11 is 0. The molecule has 0 spiro atoms. The molecule has 5 heteroatoms. The molecular formula is C11H18N4O. The third kappa shape index (κ3) is 2.35. The Morgan fingerprint density at radius 1 is 1.75 bits per heavy atom. The van der Waals surface area contributed by atoms with Gasteiger partial charge in [0.15, 0.2) is 0 Å². The lowest BCUT2D eigenvalue weighted by Gasteiger charge is -2.20. The average Bonchev–Trinajstić information content (AvgIpc) is 2.79. The van der Waals surface area contributed by atoms with Crippen molar-refractivity contribution < 1.29 is 4.79 Å². The summed E-state index contributed by atoms with van der Waals surface area (Å²) in [6.07, 6.45) is 6.09. The molecule has 1 aliphatic carbocycles. The van der Waals surface area contributed by atoms with E-state index in [2.05, 4.69) is 24.3 Å². The van der Waals surface area contributed by atoms with Gasteiger partial charge in [-0.25, -0.2) is 0 Å². The fraction of sp³-hybridized carbons (Fsp3) is 0.636. The summed E-state index contributed by atoms with van der Waals surface area (Å²) in [4.78, 5) is 10.7. The highest BCUT2D eigenvalue weighted by Crippen LogP contribution is 2.48. The molecule has 0 aromatic carbocycles. The van der Waals surface area contributed by atoms with Crippen LogP contribution in [0.1, 0.15) is 26.7 Å². The third-order valence-corrected chi connectivity index (χ3v) is 3.42. The summed E-state index contributed by atoms with van der Waals surface area (Å²) < 4.78 is 1.55. The summed E-state index contributed by atoms with van der Waals surface area (Å²) in [6, 6.07) is 0.429. The molecule has 0 bridgehead atoms. The van der Waals surface area contributed by atoms with Crippen LogP contribution in [0.2, 0.25) is 0 Å². The topological polar surface area (TPSA) is 72.9 Å². The van der Waals surface area contributed by atoms with Crippen LogP contribution < -0.4 is 11.1 Å². The van der Waals surface area contributed by atoms with Crippen molar-refractivity contribution in [1.29, 1.82) is 0 Å². The van der Waals surface area contributed by atoms with Crippen molar-refractivity contribution in [1.82, 2.24) is 9.78 Å². The van der Waals surface area contributed by atoms with Crippen LogP contribution in [0.25, 0.3) is 0 Å². The van der Waals surface area contributed by atoms with Crippen molar-refractivity contribution in [2.24, 2.45) is 11.1 Å². The number of carbonyl (C=O) groups is 1. The molecule has 88 valence electrons. The zero-order chi connectivity index (χ0) is 11.8. The van der Waals surface area contributed by atoms with Gasteiger partial charge in [-0.15, -0.1) is 0 Å². The van der Waals surface area contributed by atoms with E-state index >= 15 is 0 Å². The first-order valence-corrected chi connectivity index (χ1v) is 5.57. The Morgan fingerprint density at radius 3 is 3.00 bits per heavy atom. The summed E-state index contributed by atoms with van der Waals surface area (Å²) in [6.45, 7) is 4.59. The molecule has 1 aliphatic rings. The van der Waals surface area contributed by atoms with Crippen molar-refractivity contribution >= 4 is 11.6 Å². The molecule has 1 atom stereocenters. The maximum absolute atomic E-state index is 10.7. The van der Waals surface area contributed by atoms with E-state index in [1.807, 2.05) is 6.20 Å². The van der Waals surface area contributed by atoms with Gasteiger partial charge < -0.3 is 11.1 Å². The minimum Gasteiger partial charge on any atom is -0.380 e. The largest absolute Gasteiger partial charge is 0.380 e. The van der Waals surface area contributed by atoms with E-state index in [1.165, 1.54) is 12.8 Å². The van der Waals surface area contributed by atoms with Gasteiger partial charge in [0, 0.05) is 12.2 Å². The first kappa shape index (κ1) is 11.0. The Morgan fingerprint density at radius 2 is 2.44 bits per heavy atom. The number of nitrogens with zero attached hydrogens (tertiary/aromatic N) is 2. The second kappa shape index (κ2) is 3.81. The second-order valence-electron chi connectivity index (χ2n) is 4.91. The number of aromatic nitrogens is 2. The van der Waals surface area contributed by atoms with E-state index in [4.69, 9.17) is 5.73 Å². The first-order chi connectivity index (χ1) is 7.49. The van der Waals surface area contributed by atoms with Gasteiger partial charge in [0.2, 0.25) is 5.91 Å². The number of nitrogens with two attached hydrogens (primary N) is 1. The smallest absolute Gasteiger partial charge is 0.239 e. The molecule has 1 heterocycles. The monoisotopic (exact) mass is 222 g/mol. The van der Waals surface area contributed by atoms with Crippen LogP contribution in [0, 0.1) is 5.41 Å². The van der Waals surface area contributed by atoms with E-state index in [9.17, 15) is 4.79 Å². The number of hydrogen-bond acceptors (Lipinski definition) is 3. The number of carbonyl (C=O) groups excluding carboxylic acids is 1. The zero-order valence-corrected chi connectivity index (χ0v) is 9.73. The highest BCUT2D eigenvalue weighted by molar-refractivity contribution is 5.73. The Hall–Kier alpha value is -1.52. The van der Waals surface area contributed by atoms with Crippen molar-refractivity contribution in [2.75, 3.05) is 5.32 Å². The van der Waals surface area contributed by atoms with E-state index in [0.29, 0.717) is 11.5 Å². The minimum atomic E-state index is -0.378. The lowest BCUT2D eigenvalue weighted by Crippen LogP contribution is -2.24. The third-order valence-electron chi connectivity index (χ3n) is 3.42. The van der Waals surface area contributed by atoms with Crippen LogP contribution in [-0.4, -0.2) is 21.7 Å². The fourth-order valence-corrected chi connectivity index (χ4v) is 1.74. The molecule has 0 aliphatic heterocycles. The molecule has 1 unspecified atom stereocenters. The summed E-state index contributed by atoms with van der Waals surface area (Å²) in [5, 5.41) is 7.47. The molecule has 0 radical (unpaired) electrons. The SMILES string of the molecule is CC(Nc1cnn(CC(N)=O)c1)C1(C)CC1. The van der Waals surface area contributed by atoms with E-state index in [1.54, 1.807) is 10.9 Å². The van der Waals surface area contributed by atoms with Gasteiger partial charge in [-0.05, 0) is 25.2 Å². The Labute approximate surface area is 95.0 Å². The Kier molecular flexibility index (Phi) is 2.61. The second-order valence-corrected chi connectivity index (χ2v) is 4.91. The molecule has 1 fully saturated rings. The molecule has 5 nitrogen and oxygen atoms in total. The van der Waals surface area contributed by atoms with Crippen molar-refractivity contribution in [2.45, 2.75) is 39.3 Å². The molecule has 0 saturated heterocycles. The minimum absolute atomic E-state index is 0.132. The van der Waals surface area contributed by atoms with Gasteiger partial charge in [0.25, 0.3) is 0 Å². The van der Waals surface area contributed by atoms with E-state index < -0.39 is 0 Å². The van der Waals surface area contributed by atoms with Crippen LogP contribution in [0.5, 0.6) is 0 Å². The lowest BCUT2D eigenvalue weighted by atomic mass is 10.0. The molecule has 16 heavy (non-hydrogen) atoms. The molecule has 1 saturated carbocycles. The van der Waals surface area contributed by atoms with Crippen LogP contribution in [-0.2, 0) is 11.3 Å². The van der Waals surface area contributed by atoms with Crippen molar-refractivity contribution in [3.05, 3.63) is 12.4 Å². The number of primary amides is 1. The molecule has 3 N–H and O–H groups in total.